The number of hydrogen-bond donors (Lipinski definition) is 1. The smallest absolute Gasteiger partial charge is 0.311 e. The topological polar surface area (TPSA) is 74.7 Å². The molecule has 120 valence electrons. The van der Waals surface area contributed by atoms with Crippen LogP contribution in [-0.4, -0.2) is 36.9 Å². The van der Waals surface area contributed by atoms with Crippen molar-refractivity contribution in [2.45, 2.75) is 31.1 Å². The van der Waals surface area contributed by atoms with Crippen molar-refractivity contribution in [2.75, 3.05) is 13.1 Å². The minimum absolute atomic E-state index is 0.0668. The number of halogens is 1. The summed E-state index contributed by atoms with van der Waals surface area (Å²) in [5, 5.41) is 9.53. The third-order valence-electron chi connectivity index (χ3n) is 4.97. The molecule has 7 heteroatoms. The summed E-state index contributed by atoms with van der Waals surface area (Å²) in [6, 6.07) is 3.93. The highest BCUT2D eigenvalue weighted by Gasteiger charge is 2.57. The van der Waals surface area contributed by atoms with Gasteiger partial charge in [-0.2, -0.15) is 4.31 Å². The molecule has 1 saturated heterocycles. The Morgan fingerprint density at radius 2 is 2.18 bits per heavy atom. The molecule has 3 rings (SSSR count). The molecular weight excluding hydrogens is 309 g/mol. The lowest BCUT2D eigenvalue weighted by Gasteiger charge is -2.23. The van der Waals surface area contributed by atoms with Gasteiger partial charge in [-0.25, -0.2) is 12.8 Å². The molecule has 2 aliphatic rings. The van der Waals surface area contributed by atoms with Crippen molar-refractivity contribution < 1.29 is 22.7 Å². The number of sulfonamides is 1. The van der Waals surface area contributed by atoms with Gasteiger partial charge >= 0.3 is 5.97 Å². The second kappa shape index (κ2) is 5.03. The summed E-state index contributed by atoms with van der Waals surface area (Å²) in [6.07, 6.45) is 1.98. The van der Waals surface area contributed by atoms with Gasteiger partial charge in [0.15, 0.2) is 0 Å². The molecule has 2 atom stereocenters. The Hall–Kier alpha value is -1.47. The number of aryl methyl sites for hydroxylation is 1. The molecule has 5 nitrogen and oxygen atoms in total. The molecule has 0 amide bonds. The van der Waals surface area contributed by atoms with E-state index >= 15 is 0 Å². The highest BCUT2D eigenvalue weighted by Crippen LogP contribution is 2.50. The molecule has 1 N–H and O–H groups in total. The molecule has 0 unspecified atom stereocenters. The van der Waals surface area contributed by atoms with Crippen LogP contribution in [0.25, 0.3) is 0 Å². The third kappa shape index (κ3) is 2.14. The van der Waals surface area contributed by atoms with E-state index in [0.29, 0.717) is 18.4 Å². The Bertz CT molecular complexity index is 733. The van der Waals surface area contributed by atoms with E-state index < -0.39 is 27.2 Å². The number of carboxylic acid groups (broad SMARTS) is 1. The number of benzene rings is 1. The average molecular weight is 327 g/mol. The second-order valence-electron chi connectivity index (χ2n) is 6.28. The fourth-order valence-electron chi connectivity index (χ4n) is 3.72. The lowest BCUT2D eigenvalue weighted by molar-refractivity contribution is -0.149. The van der Waals surface area contributed by atoms with Crippen LogP contribution in [0.15, 0.2) is 23.1 Å². The van der Waals surface area contributed by atoms with Gasteiger partial charge in [-0.1, -0.05) is 12.5 Å². The van der Waals surface area contributed by atoms with Crippen molar-refractivity contribution >= 4 is 16.0 Å². The third-order valence-corrected chi connectivity index (χ3v) is 6.80. The Balaban J connectivity index is 1.98. The van der Waals surface area contributed by atoms with Gasteiger partial charge in [0.1, 0.15) is 10.7 Å². The lowest BCUT2D eigenvalue weighted by Crippen LogP contribution is -2.37. The predicted octanol–water partition coefficient (Wildman–Crippen LogP) is 2.01. The minimum atomic E-state index is -4.01. The largest absolute Gasteiger partial charge is 0.481 e. The van der Waals surface area contributed by atoms with E-state index in [0.717, 1.165) is 16.8 Å². The summed E-state index contributed by atoms with van der Waals surface area (Å²) in [5.41, 5.74) is -0.361. The van der Waals surface area contributed by atoms with Gasteiger partial charge in [0.2, 0.25) is 10.0 Å². The summed E-state index contributed by atoms with van der Waals surface area (Å²) in [6.45, 7) is 1.78. The summed E-state index contributed by atoms with van der Waals surface area (Å²) in [4.78, 5) is 11.3. The van der Waals surface area contributed by atoms with Gasteiger partial charge in [0.25, 0.3) is 0 Å². The molecule has 1 aromatic rings. The van der Waals surface area contributed by atoms with E-state index in [1.807, 2.05) is 0 Å². The maximum atomic E-state index is 13.9. The quantitative estimate of drug-likeness (QED) is 0.921. The number of rotatable bonds is 3. The fourth-order valence-corrected chi connectivity index (χ4v) is 5.43. The molecule has 22 heavy (non-hydrogen) atoms. The Labute approximate surface area is 128 Å². The van der Waals surface area contributed by atoms with Crippen LogP contribution in [0.4, 0.5) is 4.39 Å². The zero-order valence-electron chi connectivity index (χ0n) is 12.3. The number of carbonyl (C=O) groups is 1. The molecule has 2 fully saturated rings. The van der Waals surface area contributed by atoms with Crippen molar-refractivity contribution in [3.8, 4) is 0 Å². The molecular formula is C15H18FNO4S. The van der Waals surface area contributed by atoms with Gasteiger partial charge in [-0.3, -0.25) is 4.79 Å². The monoisotopic (exact) mass is 327 g/mol. The number of nitrogens with zero attached hydrogens (tertiary/aromatic N) is 1. The number of aliphatic carboxylic acids is 1. The Kier molecular flexibility index (Phi) is 3.52. The number of hydrogen-bond acceptors (Lipinski definition) is 3. The van der Waals surface area contributed by atoms with Crippen LogP contribution in [-0.2, 0) is 14.8 Å². The maximum Gasteiger partial charge on any atom is 0.311 e. The summed E-state index contributed by atoms with van der Waals surface area (Å²) < 4.78 is 40.5. The maximum absolute atomic E-state index is 13.9. The van der Waals surface area contributed by atoms with Crippen molar-refractivity contribution in [2.24, 2.45) is 11.3 Å². The van der Waals surface area contributed by atoms with Crippen LogP contribution in [0.5, 0.6) is 0 Å². The molecule has 0 bridgehead atoms. The van der Waals surface area contributed by atoms with Gasteiger partial charge in [-0.15, -0.1) is 0 Å². The van der Waals surface area contributed by atoms with E-state index in [4.69, 9.17) is 0 Å². The first-order valence-electron chi connectivity index (χ1n) is 7.27. The highest BCUT2D eigenvalue weighted by atomic mass is 32.2. The lowest BCUT2D eigenvalue weighted by atomic mass is 9.81. The zero-order chi connectivity index (χ0) is 16.1. The van der Waals surface area contributed by atoms with Crippen LogP contribution >= 0.6 is 0 Å². The first-order valence-corrected chi connectivity index (χ1v) is 8.71. The molecule has 0 spiro atoms. The van der Waals surface area contributed by atoms with E-state index in [-0.39, 0.29) is 23.9 Å². The van der Waals surface area contributed by atoms with Gasteiger partial charge < -0.3 is 5.11 Å². The minimum Gasteiger partial charge on any atom is -0.481 e. The standard InChI is InChI=1S/C15H18FNO4S/c1-10-4-5-12(16)13(7-10)22(20,21)17-8-11-3-2-6-15(11,9-17)14(18)19/h4-5,7,11H,2-3,6,8-9H2,1H3,(H,18,19)/t11-,15+/m0/s1. The first kappa shape index (κ1) is 15.4. The molecule has 0 radical (unpaired) electrons. The summed E-state index contributed by atoms with van der Waals surface area (Å²) >= 11 is 0. The van der Waals surface area contributed by atoms with E-state index in [9.17, 15) is 22.7 Å². The first-order chi connectivity index (χ1) is 10.3. The zero-order valence-corrected chi connectivity index (χ0v) is 13.1. The van der Waals surface area contributed by atoms with Crippen LogP contribution in [0.2, 0.25) is 0 Å². The molecule has 1 aliphatic heterocycles. The van der Waals surface area contributed by atoms with E-state index in [2.05, 4.69) is 0 Å². The average Bonchev–Trinajstić information content (AvgIpc) is 2.99. The van der Waals surface area contributed by atoms with Crippen molar-refractivity contribution in [1.82, 2.24) is 4.31 Å². The van der Waals surface area contributed by atoms with E-state index in [1.54, 1.807) is 6.92 Å². The summed E-state index contributed by atoms with van der Waals surface area (Å²) in [7, 11) is -4.01. The summed E-state index contributed by atoms with van der Waals surface area (Å²) in [5.74, 6) is -1.93. The molecule has 1 aliphatic carbocycles. The van der Waals surface area contributed by atoms with Gasteiger partial charge in [0, 0.05) is 13.1 Å². The second-order valence-corrected chi connectivity index (χ2v) is 8.19. The molecule has 1 aromatic carbocycles. The van der Waals surface area contributed by atoms with Crippen molar-refractivity contribution in [3.63, 3.8) is 0 Å². The van der Waals surface area contributed by atoms with Crippen molar-refractivity contribution in [3.05, 3.63) is 29.6 Å². The molecule has 1 saturated carbocycles. The van der Waals surface area contributed by atoms with Crippen LogP contribution in [0.1, 0.15) is 24.8 Å². The van der Waals surface area contributed by atoms with Crippen LogP contribution < -0.4 is 0 Å². The Morgan fingerprint density at radius 1 is 1.45 bits per heavy atom. The number of fused-ring (bicyclic) bond motifs is 1. The van der Waals surface area contributed by atoms with Crippen LogP contribution in [0.3, 0.4) is 0 Å². The normalized spacial score (nSPS) is 28.7. The highest BCUT2D eigenvalue weighted by molar-refractivity contribution is 7.89. The van der Waals surface area contributed by atoms with Gasteiger partial charge in [-0.05, 0) is 43.4 Å². The van der Waals surface area contributed by atoms with Crippen molar-refractivity contribution in [1.29, 1.82) is 0 Å². The van der Waals surface area contributed by atoms with Crippen LogP contribution in [0, 0.1) is 24.1 Å². The molecule has 0 aromatic heterocycles. The predicted molar refractivity (Wildman–Crippen MR) is 77.3 cm³/mol. The van der Waals surface area contributed by atoms with Gasteiger partial charge in [0.05, 0.1) is 5.41 Å². The fraction of sp³-hybridized carbons (Fsp3) is 0.533. The SMILES string of the molecule is Cc1ccc(F)c(S(=O)(=O)N2C[C@@H]3CCC[C@@]3(C(=O)O)C2)c1. The van der Waals surface area contributed by atoms with E-state index in [1.165, 1.54) is 12.1 Å². The molecule has 1 heterocycles. The number of carboxylic acids is 1. The Morgan fingerprint density at radius 3 is 2.82 bits per heavy atom.